The maximum atomic E-state index is 12.5. The lowest BCUT2D eigenvalue weighted by Gasteiger charge is -2.35. The Labute approximate surface area is 132 Å². The first-order chi connectivity index (χ1) is 10.8. The first-order valence-corrected chi connectivity index (χ1v) is 8.64. The largest absolute Gasteiger partial charge is 0.361 e. The third kappa shape index (κ3) is 3.18. The Bertz CT molecular complexity index is 631. The standard InChI is InChI=1S/C19H26N2O/c1-2-16-9-5-6-13-21(16)19(22)12-7-8-15-14-20-18-11-4-3-10-17(15)18/h3-4,10-11,14,16,20H,2,5-9,12-13H2,1H3. The van der Waals surface area contributed by atoms with Crippen molar-refractivity contribution in [2.24, 2.45) is 0 Å². The van der Waals surface area contributed by atoms with E-state index >= 15 is 0 Å². The van der Waals surface area contributed by atoms with Crippen LogP contribution in [0.5, 0.6) is 0 Å². The van der Waals surface area contributed by atoms with Crippen molar-refractivity contribution in [2.45, 2.75) is 57.9 Å². The van der Waals surface area contributed by atoms with Crippen molar-refractivity contribution < 1.29 is 4.79 Å². The fraction of sp³-hybridized carbons (Fsp3) is 0.526. The smallest absolute Gasteiger partial charge is 0.222 e. The van der Waals surface area contributed by atoms with Crippen LogP contribution >= 0.6 is 0 Å². The number of carbonyl (C=O) groups excluding carboxylic acids is 1. The predicted octanol–water partition coefficient (Wildman–Crippen LogP) is 4.28. The molecule has 1 amide bonds. The average molecular weight is 298 g/mol. The van der Waals surface area contributed by atoms with E-state index < -0.39 is 0 Å². The molecule has 2 heterocycles. The number of aryl methyl sites for hydroxylation is 1. The van der Waals surface area contributed by atoms with Crippen LogP contribution in [0.25, 0.3) is 10.9 Å². The summed E-state index contributed by atoms with van der Waals surface area (Å²) < 4.78 is 0. The van der Waals surface area contributed by atoms with Gasteiger partial charge in [-0.1, -0.05) is 25.1 Å². The highest BCUT2D eigenvalue weighted by molar-refractivity contribution is 5.83. The second kappa shape index (κ2) is 6.99. The van der Waals surface area contributed by atoms with Crippen LogP contribution in [0.3, 0.4) is 0 Å². The predicted molar refractivity (Wildman–Crippen MR) is 90.9 cm³/mol. The third-order valence-electron chi connectivity index (χ3n) is 4.93. The van der Waals surface area contributed by atoms with Gasteiger partial charge in [0.25, 0.3) is 0 Å². The summed E-state index contributed by atoms with van der Waals surface area (Å²) in [5, 5.41) is 1.29. The normalized spacial score (nSPS) is 18.8. The third-order valence-corrected chi connectivity index (χ3v) is 4.93. The first kappa shape index (κ1) is 15.1. The van der Waals surface area contributed by atoms with Gasteiger partial charge in [-0.15, -0.1) is 0 Å². The number of hydrogen-bond donors (Lipinski definition) is 1. The van der Waals surface area contributed by atoms with E-state index in [0.717, 1.165) is 25.8 Å². The molecule has 0 bridgehead atoms. The Morgan fingerprint density at radius 2 is 2.18 bits per heavy atom. The maximum absolute atomic E-state index is 12.5. The van der Waals surface area contributed by atoms with E-state index in [4.69, 9.17) is 0 Å². The molecule has 0 spiro atoms. The van der Waals surface area contributed by atoms with Crippen LogP contribution in [-0.4, -0.2) is 28.4 Å². The molecular weight excluding hydrogens is 272 g/mol. The molecule has 2 aromatic rings. The second-order valence-corrected chi connectivity index (χ2v) is 6.36. The number of benzene rings is 1. The van der Waals surface area contributed by atoms with Gasteiger partial charge in [0.2, 0.25) is 5.91 Å². The topological polar surface area (TPSA) is 36.1 Å². The Kier molecular flexibility index (Phi) is 4.81. The Morgan fingerprint density at radius 1 is 1.32 bits per heavy atom. The highest BCUT2D eigenvalue weighted by atomic mass is 16.2. The lowest BCUT2D eigenvalue weighted by Crippen LogP contribution is -2.43. The lowest BCUT2D eigenvalue weighted by atomic mass is 9.99. The van der Waals surface area contributed by atoms with E-state index in [2.05, 4.69) is 41.2 Å². The van der Waals surface area contributed by atoms with Gasteiger partial charge in [-0.05, 0) is 50.2 Å². The SMILES string of the molecule is CCC1CCCCN1C(=O)CCCc1c[nH]c2ccccc12. The van der Waals surface area contributed by atoms with E-state index in [1.807, 2.05) is 6.07 Å². The van der Waals surface area contributed by atoms with E-state index in [0.29, 0.717) is 18.4 Å². The number of nitrogens with zero attached hydrogens (tertiary/aromatic N) is 1. The van der Waals surface area contributed by atoms with Gasteiger partial charge in [-0.2, -0.15) is 0 Å². The molecule has 1 fully saturated rings. The molecule has 1 atom stereocenters. The Morgan fingerprint density at radius 3 is 3.05 bits per heavy atom. The van der Waals surface area contributed by atoms with E-state index in [-0.39, 0.29) is 0 Å². The zero-order valence-corrected chi connectivity index (χ0v) is 13.5. The van der Waals surface area contributed by atoms with Crippen LogP contribution in [0, 0.1) is 0 Å². The second-order valence-electron chi connectivity index (χ2n) is 6.36. The van der Waals surface area contributed by atoms with Gasteiger partial charge in [0.1, 0.15) is 0 Å². The van der Waals surface area contributed by atoms with Crippen LogP contribution in [-0.2, 0) is 11.2 Å². The van der Waals surface area contributed by atoms with Crippen LogP contribution < -0.4 is 0 Å². The number of aromatic nitrogens is 1. The van der Waals surface area contributed by atoms with Crippen molar-refractivity contribution >= 4 is 16.8 Å². The molecule has 22 heavy (non-hydrogen) atoms. The van der Waals surface area contributed by atoms with Crippen molar-refractivity contribution in [3.8, 4) is 0 Å². The molecule has 1 aliphatic rings. The summed E-state index contributed by atoms with van der Waals surface area (Å²) in [6.45, 7) is 3.16. The van der Waals surface area contributed by atoms with Gasteiger partial charge in [0.15, 0.2) is 0 Å². The van der Waals surface area contributed by atoms with Crippen molar-refractivity contribution in [1.82, 2.24) is 9.88 Å². The summed E-state index contributed by atoms with van der Waals surface area (Å²) in [6, 6.07) is 8.86. The number of carbonyl (C=O) groups is 1. The number of amides is 1. The summed E-state index contributed by atoms with van der Waals surface area (Å²) in [5.41, 5.74) is 2.51. The highest BCUT2D eigenvalue weighted by Gasteiger charge is 2.24. The average Bonchev–Trinajstić information content (AvgIpc) is 2.98. The fourth-order valence-corrected chi connectivity index (χ4v) is 3.67. The fourth-order valence-electron chi connectivity index (χ4n) is 3.67. The van der Waals surface area contributed by atoms with Crippen LogP contribution in [0.2, 0.25) is 0 Å². The molecule has 1 aliphatic heterocycles. The van der Waals surface area contributed by atoms with Gasteiger partial charge in [-0.3, -0.25) is 4.79 Å². The number of H-pyrrole nitrogens is 1. The minimum Gasteiger partial charge on any atom is -0.361 e. The van der Waals surface area contributed by atoms with Crippen LogP contribution in [0.1, 0.15) is 51.0 Å². The molecule has 118 valence electrons. The van der Waals surface area contributed by atoms with Gasteiger partial charge in [0.05, 0.1) is 0 Å². The number of aromatic amines is 1. The minimum atomic E-state index is 0.353. The van der Waals surface area contributed by atoms with E-state index in [9.17, 15) is 4.79 Å². The van der Waals surface area contributed by atoms with Gasteiger partial charge in [-0.25, -0.2) is 0 Å². The molecule has 0 radical (unpaired) electrons. The molecular formula is C19H26N2O. The zero-order valence-electron chi connectivity index (χ0n) is 13.5. The molecule has 0 saturated carbocycles. The summed E-state index contributed by atoms with van der Waals surface area (Å²) in [5.74, 6) is 0.353. The zero-order chi connectivity index (χ0) is 15.4. The van der Waals surface area contributed by atoms with E-state index in [1.165, 1.54) is 35.7 Å². The van der Waals surface area contributed by atoms with Gasteiger partial charge in [0, 0.05) is 36.1 Å². The molecule has 1 unspecified atom stereocenters. The lowest BCUT2D eigenvalue weighted by molar-refractivity contribution is -0.135. The Hall–Kier alpha value is -1.77. The number of nitrogens with one attached hydrogen (secondary N) is 1. The molecule has 3 heteroatoms. The molecule has 3 nitrogen and oxygen atoms in total. The van der Waals surface area contributed by atoms with Crippen molar-refractivity contribution in [1.29, 1.82) is 0 Å². The maximum Gasteiger partial charge on any atom is 0.222 e. The minimum absolute atomic E-state index is 0.353. The summed E-state index contributed by atoms with van der Waals surface area (Å²) in [6.07, 6.45) is 9.40. The molecule has 1 saturated heterocycles. The van der Waals surface area contributed by atoms with Crippen molar-refractivity contribution in [3.05, 3.63) is 36.0 Å². The van der Waals surface area contributed by atoms with Crippen LogP contribution in [0.4, 0.5) is 0 Å². The molecule has 1 aromatic heterocycles. The molecule has 3 rings (SSSR count). The quantitative estimate of drug-likeness (QED) is 0.878. The Balaban J connectivity index is 1.55. The number of para-hydroxylation sites is 1. The number of rotatable bonds is 5. The van der Waals surface area contributed by atoms with Crippen molar-refractivity contribution in [2.75, 3.05) is 6.54 Å². The van der Waals surface area contributed by atoms with Crippen molar-refractivity contribution in [3.63, 3.8) is 0 Å². The van der Waals surface area contributed by atoms with Gasteiger partial charge < -0.3 is 9.88 Å². The number of fused-ring (bicyclic) bond motifs is 1. The number of piperidine rings is 1. The monoisotopic (exact) mass is 298 g/mol. The van der Waals surface area contributed by atoms with Crippen LogP contribution in [0.15, 0.2) is 30.5 Å². The summed E-state index contributed by atoms with van der Waals surface area (Å²) >= 11 is 0. The molecule has 1 N–H and O–H groups in total. The number of likely N-dealkylation sites (tertiary alicyclic amines) is 1. The van der Waals surface area contributed by atoms with E-state index in [1.54, 1.807) is 0 Å². The number of hydrogen-bond acceptors (Lipinski definition) is 1. The summed E-state index contributed by atoms with van der Waals surface area (Å²) in [7, 11) is 0. The van der Waals surface area contributed by atoms with Gasteiger partial charge >= 0.3 is 0 Å². The molecule has 0 aliphatic carbocycles. The summed E-state index contributed by atoms with van der Waals surface area (Å²) in [4.78, 5) is 17.9. The first-order valence-electron chi connectivity index (χ1n) is 8.64. The highest BCUT2D eigenvalue weighted by Crippen LogP contribution is 2.22. The molecule has 1 aromatic carbocycles.